The van der Waals surface area contributed by atoms with Gasteiger partial charge >= 0.3 is 0 Å². The van der Waals surface area contributed by atoms with E-state index >= 15 is 0 Å². The van der Waals surface area contributed by atoms with Crippen LogP contribution in [0.15, 0.2) is 24.3 Å². The number of aliphatic hydroxyl groups is 1. The Balaban J connectivity index is 2.25. The highest BCUT2D eigenvalue weighted by molar-refractivity contribution is 5.15. The van der Waals surface area contributed by atoms with Crippen molar-refractivity contribution in [3.05, 3.63) is 35.6 Å². The summed E-state index contributed by atoms with van der Waals surface area (Å²) in [6.45, 7) is 1.71. The third-order valence-electron chi connectivity index (χ3n) is 1.75. The van der Waals surface area contributed by atoms with Gasteiger partial charge in [0.05, 0.1) is 0 Å². The van der Waals surface area contributed by atoms with E-state index in [1.54, 1.807) is 12.1 Å². The van der Waals surface area contributed by atoms with Crippen molar-refractivity contribution < 1.29 is 9.50 Å². The van der Waals surface area contributed by atoms with Crippen LogP contribution < -0.4 is 5.32 Å². The lowest BCUT2D eigenvalue weighted by atomic mass is 10.2. The standard InChI is InChI=1S/C10H14FNO/c11-10-4-2-9(3-5-10)8-12-6-1-7-13/h2-5,12-13H,1,6-8H2. The van der Waals surface area contributed by atoms with Crippen LogP contribution >= 0.6 is 0 Å². The number of benzene rings is 1. The van der Waals surface area contributed by atoms with Gasteiger partial charge in [-0.3, -0.25) is 0 Å². The first-order valence-electron chi connectivity index (χ1n) is 4.39. The molecule has 0 unspecified atom stereocenters. The van der Waals surface area contributed by atoms with Crippen LogP contribution in [0, 0.1) is 5.82 Å². The van der Waals surface area contributed by atoms with Crippen LogP contribution in [0.25, 0.3) is 0 Å². The molecule has 0 bridgehead atoms. The highest BCUT2D eigenvalue weighted by Crippen LogP contribution is 2.01. The predicted octanol–water partition coefficient (Wildman–Crippen LogP) is 1.30. The first kappa shape index (κ1) is 10.2. The molecule has 0 spiro atoms. The van der Waals surface area contributed by atoms with Gasteiger partial charge in [-0.25, -0.2) is 4.39 Å². The van der Waals surface area contributed by atoms with Gasteiger partial charge < -0.3 is 10.4 Å². The van der Waals surface area contributed by atoms with E-state index in [1.165, 1.54) is 12.1 Å². The minimum Gasteiger partial charge on any atom is -0.396 e. The van der Waals surface area contributed by atoms with Crippen molar-refractivity contribution in [3.63, 3.8) is 0 Å². The molecule has 0 amide bonds. The lowest BCUT2D eigenvalue weighted by Crippen LogP contribution is -2.15. The highest BCUT2D eigenvalue weighted by Gasteiger charge is 1.92. The number of hydrogen-bond acceptors (Lipinski definition) is 2. The Morgan fingerprint density at radius 3 is 2.54 bits per heavy atom. The van der Waals surface area contributed by atoms with E-state index in [0.29, 0.717) is 0 Å². The van der Waals surface area contributed by atoms with Crippen LogP contribution in [0.2, 0.25) is 0 Å². The maximum Gasteiger partial charge on any atom is 0.123 e. The molecule has 0 fully saturated rings. The molecule has 0 aliphatic rings. The number of rotatable bonds is 5. The number of halogens is 1. The van der Waals surface area contributed by atoms with Crippen molar-refractivity contribution in [1.82, 2.24) is 5.32 Å². The SMILES string of the molecule is OCCCNCc1ccc(F)cc1. The zero-order valence-electron chi connectivity index (χ0n) is 7.46. The Morgan fingerprint density at radius 1 is 1.23 bits per heavy atom. The van der Waals surface area contributed by atoms with Crippen LogP contribution in [0.1, 0.15) is 12.0 Å². The van der Waals surface area contributed by atoms with Crippen molar-refractivity contribution in [2.45, 2.75) is 13.0 Å². The topological polar surface area (TPSA) is 32.3 Å². The molecule has 1 aromatic carbocycles. The Morgan fingerprint density at radius 2 is 1.92 bits per heavy atom. The molecule has 0 aromatic heterocycles. The van der Waals surface area contributed by atoms with Crippen LogP contribution in [0.3, 0.4) is 0 Å². The molecule has 0 aliphatic carbocycles. The molecule has 0 saturated heterocycles. The van der Waals surface area contributed by atoms with Crippen molar-refractivity contribution in [3.8, 4) is 0 Å². The molecular formula is C10H14FNO. The maximum absolute atomic E-state index is 12.5. The van der Waals surface area contributed by atoms with Gasteiger partial charge in [-0.15, -0.1) is 0 Å². The summed E-state index contributed by atoms with van der Waals surface area (Å²) in [6.07, 6.45) is 0.751. The maximum atomic E-state index is 12.5. The summed E-state index contributed by atoms with van der Waals surface area (Å²) >= 11 is 0. The van der Waals surface area contributed by atoms with Gasteiger partial charge in [0, 0.05) is 13.2 Å². The van der Waals surface area contributed by atoms with Crippen LogP contribution in [0.5, 0.6) is 0 Å². The summed E-state index contributed by atoms with van der Waals surface area (Å²) in [5.74, 6) is -0.209. The Hall–Kier alpha value is -0.930. The van der Waals surface area contributed by atoms with E-state index < -0.39 is 0 Å². The molecule has 13 heavy (non-hydrogen) atoms. The summed E-state index contributed by atoms with van der Waals surface area (Å²) in [7, 11) is 0. The van der Waals surface area contributed by atoms with Crippen LogP contribution in [0.4, 0.5) is 4.39 Å². The summed E-state index contributed by atoms with van der Waals surface area (Å²) < 4.78 is 12.5. The van der Waals surface area contributed by atoms with Gasteiger partial charge in [-0.1, -0.05) is 12.1 Å². The fourth-order valence-corrected chi connectivity index (χ4v) is 1.04. The smallest absolute Gasteiger partial charge is 0.123 e. The average molecular weight is 183 g/mol. The van der Waals surface area contributed by atoms with Crippen molar-refractivity contribution >= 4 is 0 Å². The second kappa shape index (κ2) is 5.67. The van der Waals surface area contributed by atoms with E-state index in [2.05, 4.69) is 5.32 Å². The van der Waals surface area contributed by atoms with Gasteiger partial charge in [-0.05, 0) is 30.7 Å². The van der Waals surface area contributed by atoms with Gasteiger partial charge in [0.2, 0.25) is 0 Å². The number of nitrogens with one attached hydrogen (secondary N) is 1. The number of hydrogen-bond donors (Lipinski definition) is 2. The molecule has 3 heteroatoms. The molecule has 0 atom stereocenters. The lowest BCUT2D eigenvalue weighted by Gasteiger charge is -2.02. The molecule has 1 rings (SSSR count). The lowest BCUT2D eigenvalue weighted by molar-refractivity contribution is 0.286. The molecule has 0 saturated carbocycles. The monoisotopic (exact) mass is 183 g/mol. The second-order valence-electron chi connectivity index (χ2n) is 2.88. The molecule has 2 nitrogen and oxygen atoms in total. The third-order valence-corrected chi connectivity index (χ3v) is 1.75. The molecular weight excluding hydrogens is 169 g/mol. The summed E-state index contributed by atoms with van der Waals surface area (Å²) in [4.78, 5) is 0. The van der Waals surface area contributed by atoms with E-state index in [9.17, 15) is 4.39 Å². The van der Waals surface area contributed by atoms with Crippen molar-refractivity contribution in [2.75, 3.05) is 13.2 Å². The van der Waals surface area contributed by atoms with Gasteiger partial charge in [-0.2, -0.15) is 0 Å². The zero-order chi connectivity index (χ0) is 9.52. The highest BCUT2D eigenvalue weighted by atomic mass is 19.1. The van der Waals surface area contributed by atoms with Gasteiger partial charge in [0.25, 0.3) is 0 Å². The Labute approximate surface area is 77.4 Å². The Bertz CT molecular complexity index is 235. The van der Waals surface area contributed by atoms with E-state index in [1.807, 2.05) is 0 Å². The summed E-state index contributed by atoms with van der Waals surface area (Å²) in [5.41, 5.74) is 1.05. The molecule has 2 N–H and O–H groups in total. The average Bonchev–Trinajstić information content (AvgIpc) is 2.15. The van der Waals surface area contributed by atoms with Crippen LogP contribution in [-0.4, -0.2) is 18.3 Å². The van der Waals surface area contributed by atoms with Crippen LogP contribution in [-0.2, 0) is 6.54 Å². The van der Waals surface area contributed by atoms with Crippen molar-refractivity contribution in [2.24, 2.45) is 0 Å². The fraction of sp³-hybridized carbons (Fsp3) is 0.400. The normalized spacial score (nSPS) is 10.3. The Kier molecular flexibility index (Phi) is 4.43. The molecule has 0 aliphatic heterocycles. The van der Waals surface area contributed by atoms with E-state index in [4.69, 9.17) is 5.11 Å². The minimum atomic E-state index is -0.209. The van der Waals surface area contributed by atoms with Gasteiger partial charge in [0.15, 0.2) is 0 Å². The largest absolute Gasteiger partial charge is 0.396 e. The fourth-order valence-electron chi connectivity index (χ4n) is 1.04. The molecule has 1 aromatic rings. The molecule has 0 heterocycles. The predicted molar refractivity (Wildman–Crippen MR) is 49.8 cm³/mol. The summed E-state index contributed by atoms with van der Waals surface area (Å²) in [6, 6.07) is 6.40. The molecule has 72 valence electrons. The third kappa shape index (κ3) is 4.01. The van der Waals surface area contributed by atoms with Crippen molar-refractivity contribution in [1.29, 1.82) is 0 Å². The molecule has 0 radical (unpaired) electrons. The van der Waals surface area contributed by atoms with E-state index in [0.717, 1.165) is 25.1 Å². The summed E-state index contributed by atoms with van der Waals surface area (Å²) in [5, 5.41) is 11.6. The van der Waals surface area contributed by atoms with Gasteiger partial charge in [0.1, 0.15) is 5.82 Å². The van der Waals surface area contributed by atoms with E-state index in [-0.39, 0.29) is 12.4 Å². The number of aliphatic hydroxyl groups excluding tert-OH is 1. The zero-order valence-corrected chi connectivity index (χ0v) is 7.46. The quantitative estimate of drug-likeness (QED) is 0.674. The second-order valence-corrected chi connectivity index (χ2v) is 2.88. The first-order chi connectivity index (χ1) is 6.33. The first-order valence-corrected chi connectivity index (χ1v) is 4.39. The minimum absolute atomic E-state index is 0.205.